The van der Waals surface area contributed by atoms with Crippen molar-refractivity contribution in [1.29, 1.82) is 0 Å². The molecule has 252 valence electrons. The lowest BCUT2D eigenvalue weighted by atomic mass is 10.1. The number of ether oxygens (including phenoxy) is 7. The van der Waals surface area contributed by atoms with Gasteiger partial charge < -0.3 is 33.2 Å². The van der Waals surface area contributed by atoms with E-state index in [-0.39, 0.29) is 69.0 Å². The molecule has 1 fully saturated rings. The van der Waals surface area contributed by atoms with Crippen molar-refractivity contribution in [2.24, 2.45) is 0 Å². The van der Waals surface area contributed by atoms with Crippen molar-refractivity contribution in [1.82, 2.24) is 0 Å². The van der Waals surface area contributed by atoms with Crippen molar-refractivity contribution in [3.05, 3.63) is 36.5 Å². The van der Waals surface area contributed by atoms with Gasteiger partial charge in [0.2, 0.25) is 0 Å². The smallest absolute Gasteiger partial charge is 0.333 e. The molecule has 0 aromatic carbocycles. The minimum Gasteiger partial charge on any atom is -0.462 e. The summed E-state index contributed by atoms with van der Waals surface area (Å²) in [5.74, 6) is -3.34. The van der Waals surface area contributed by atoms with Crippen LogP contribution < -0.4 is 0 Å². The summed E-state index contributed by atoms with van der Waals surface area (Å²) in [6, 6.07) is 0. The van der Waals surface area contributed by atoms with Gasteiger partial charge in [-0.2, -0.15) is 0 Å². The van der Waals surface area contributed by atoms with Gasteiger partial charge in [0.05, 0.1) is 33.0 Å². The van der Waals surface area contributed by atoms with Crippen LogP contribution in [0.15, 0.2) is 36.5 Å². The summed E-state index contributed by atoms with van der Waals surface area (Å²) >= 11 is 0. The molecular weight excluding hydrogens is 592 g/mol. The number of rotatable bonds is 21. The molecule has 0 N–H and O–H groups in total. The van der Waals surface area contributed by atoms with E-state index in [0.29, 0.717) is 38.5 Å². The van der Waals surface area contributed by atoms with Crippen LogP contribution in [-0.4, -0.2) is 87.2 Å². The molecule has 1 heterocycles. The normalized spacial score (nSPS) is 17.3. The SMILES string of the molecule is C=C(C)C(=O)OCCCCC(=O)OC1[C@@H](OC(=O)CCCCOC(=O)C(=C)C)COC[C@H]1OC(=O)CCCCOC(=O)C(=C)C. The van der Waals surface area contributed by atoms with Gasteiger partial charge in [0.1, 0.15) is 0 Å². The van der Waals surface area contributed by atoms with E-state index < -0.39 is 54.1 Å². The lowest BCUT2D eigenvalue weighted by molar-refractivity contribution is -0.211. The Bertz CT molecular complexity index is 1020. The number of carbonyl (C=O) groups is 6. The fourth-order valence-corrected chi connectivity index (χ4v) is 3.73. The highest BCUT2D eigenvalue weighted by atomic mass is 16.6. The Kier molecular flexibility index (Phi) is 18.8. The first kappa shape index (κ1) is 39.0. The second-order valence-electron chi connectivity index (χ2n) is 10.7. The zero-order valence-electron chi connectivity index (χ0n) is 26.6. The highest BCUT2D eigenvalue weighted by Crippen LogP contribution is 2.22. The first-order valence-electron chi connectivity index (χ1n) is 15.0. The molecule has 0 bridgehead atoms. The number of carbonyl (C=O) groups excluding carboxylic acids is 6. The van der Waals surface area contributed by atoms with Gasteiger partial charge in [-0.05, 0) is 59.3 Å². The van der Waals surface area contributed by atoms with Gasteiger partial charge in [0.25, 0.3) is 0 Å². The van der Waals surface area contributed by atoms with Crippen LogP contribution in [0.1, 0.15) is 78.6 Å². The number of unbranched alkanes of at least 4 members (excludes halogenated alkanes) is 3. The molecule has 0 aromatic rings. The second-order valence-corrected chi connectivity index (χ2v) is 10.7. The van der Waals surface area contributed by atoms with Gasteiger partial charge >= 0.3 is 35.8 Å². The molecule has 13 heteroatoms. The highest BCUT2D eigenvalue weighted by molar-refractivity contribution is 5.87. The first-order chi connectivity index (χ1) is 21.3. The monoisotopic (exact) mass is 638 g/mol. The van der Waals surface area contributed by atoms with E-state index in [1.54, 1.807) is 0 Å². The zero-order valence-corrected chi connectivity index (χ0v) is 26.6. The van der Waals surface area contributed by atoms with E-state index in [1.807, 2.05) is 0 Å². The van der Waals surface area contributed by atoms with Gasteiger partial charge in [0, 0.05) is 36.0 Å². The van der Waals surface area contributed by atoms with Crippen LogP contribution in [0.5, 0.6) is 0 Å². The van der Waals surface area contributed by atoms with E-state index >= 15 is 0 Å². The lowest BCUT2D eigenvalue weighted by Crippen LogP contribution is -2.53. The Hall–Kier alpha value is -4.00. The molecule has 0 spiro atoms. The topological polar surface area (TPSA) is 167 Å². The molecule has 1 aliphatic rings. The maximum absolute atomic E-state index is 12.7. The number of esters is 6. The van der Waals surface area contributed by atoms with E-state index in [1.165, 1.54) is 20.8 Å². The van der Waals surface area contributed by atoms with Crippen LogP contribution in [0.3, 0.4) is 0 Å². The minimum absolute atomic E-state index is 0.00506. The van der Waals surface area contributed by atoms with Crippen molar-refractivity contribution in [3.63, 3.8) is 0 Å². The molecule has 1 saturated heterocycles. The molecule has 45 heavy (non-hydrogen) atoms. The predicted molar refractivity (Wildman–Crippen MR) is 159 cm³/mol. The summed E-state index contributed by atoms with van der Waals surface area (Å²) in [7, 11) is 0. The number of hydrogen-bond donors (Lipinski definition) is 0. The largest absolute Gasteiger partial charge is 0.462 e. The van der Waals surface area contributed by atoms with Crippen LogP contribution in [-0.2, 0) is 61.9 Å². The Balaban J connectivity index is 2.70. The van der Waals surface area contributed by atoms with Crippen molar-refractivity contribution in [2.75, 3.05) is 33.0 Å². The van der Waals surface area contributed by atoms with E-state index in [9.17, 15) is 28.8 Å². The maximum Gasteiger partial charge on any atom is 0.333 e. The van der Waals surface area contributed by atoms with Gasteiger partial charge in [-0.15, -0.1) is 0 Å². The third kappa shape index (κ3) is 17.2. The summed E-state index contributed by atoms with van der Waals surface area (Å²) in [5.41, 5.74) is 0.822. The fraction of sp³-hybridized carbons (Fsp3) is 0.625. The third-order valence-corrected chi connectivity index (χ3v) is 6.20. The van der Waals surface area contributed by atoms with Crippen molar-refractivity contribution in [3.8, 4) is 0 Å². The second kappa shape index (κ2) is 21.7. The minimum atomic E-state index is -1.12. The lowest BCUT2D eigenvalue weighted by Gasteiger charge is -2.36. The Morgan fingerprint density at radius 1 is 0.533 bits per heavy atom. The summed E-state index contributed by atoms with van der Waals surface area (Å²) in [6.45, 7) is 15.3. The molecule has 0 radical (unpaired) electrons. The quantitative estimate of drug-likeness (QED) is 0.0775. The summed E-state index contributed by atoms with van der Waals surface area (Å²) < 4.78 is 37.3. The number of hydrogen-bond acceptors (Lipinski definition) is 13. The average molecular weight is 639 g/mol. The van der Waals surface area contributed by atoms with Gasteiger partial charge in [0.15, 0.2) is 18.3 Å². The third-order valence-electron chi connectivity index (χ3n) is 6.20. The molecular formula is C32H46O13. The van der Waals surface area contributed by atoms with Crippen LogP contribution in [0.4, 0.5) is 0 Å². The highest BCUT2D eigenvalue weighted by Gasteiger charge is 2.42. The maximum atomic E-state index is 12.7. The van der Waals surface area contributed by atoms with Crippen LogP contribution in [0.2, 0.25) is 0 Å². The molecule has 0 saturated carbocycles. The van der Waals surface area contributed by atoms with E-state index in [2.05, 4.69) is 19.7 Å². The van der Waals surface area contributed by atoms with Gasteiger partial charge in [-0.1, -0.05) is 19.7 Å². The fourth-order valence-electron chi connectivity index (χ4n) is 3.73. The van der Waals surface area contributed by atoms with Gasteiger partial charge in [-0.25, -0.2) is 14.4 Å². The van der Waals surface area contributed by atoms with Crippen molar-refractivity contribution >= 4 is 35.8 Å². The summed E-state index contributed by atoms with van der Waals surface area (Å²) in [5, 5.41) is 0. The zero-order chi connectivity index (χ0) is 33.8. The Morgan fingerprint density at radius 3 is 1.16 bits per heavy atom. The molecule has 1 rings (SSSR count). The first-order valence-corrected chi connectivity index (χ1v) is 15.0. The molecule has 1 unspecified atom stereocenters. The predicted octanol–water partition coefficient (Wildman–Crippen LogP) is 3.62. The summed E-state index contributed by atoms with van der Waals surface area (Å²) in [4.78, 5) is 72.3. The average Bonchev–Trinajstić information content (AvgIpc) is 2.97. The van der Waals surface area contributed by atoms with Crippen LogP contribution in [0.25, 0.3) is 0 Å². The molecule has 13 nitrogen and oxygen atoms in total. The van der Waals surface area contributed by atoms with Crippen molar-refractivity contribution < 1.29 is 61.9 Å². The van der Waals surface area contributed by atoms with E-state index in [4.69, 9.17) is 33.2 Å². The van der Waals surface area contributed by atoms with Crippen LogP contribution in [0, 0.1) is 0 Å². The molecule has 3 atom stereocenters. The molecule has 0 aliphatic carbocycles. The molecule has 1 aliphatic heterocycles. The van der Waals surface area contributed by atoms with Crippen LogP contribution >= 0.6 is 0 Å². The van der Waals surface area contributed by atoms with Crippen molar-refractivity contribution in [2.45, 2.75) is 96.9 Å². The standard InChI is InChI=1S/C32H46O13/c1-21(2)30(36)40-16-10-7-13-26(33)43-24-19-39-20-25(44-27(34)14-8-11-17-41-31(37)22(3)4)29(24)45-28(35)15-9-12-18-42-32(38)23(5)6/h24-25,29H,1,3,5,7-20H2,2,4,6H3/t24-,25+,29?. The Labute approximate surface area is 264 Å². The van der Waals surface area contributed by atoms with Gasteiger partial charge in [-0.3, -0.25) is 14.4 Å². The Morgan fingerprint density at radius 2 is 0.844 bits per heavy atom. The molecule has 0 amide bonds. The molecule has 0 aromatic heterocycles. The van der Waals surface area contributed by atoms with E-state index in [0.717, 1.165) is 0 Å². The summed E-state index contributed by atoms with van der Waals surface area (Å²) in [6.07, 6.45) is -0.857.